The molecule has 2 nitrogen and oxygen atoms in total. The first-order chi connectivity index (χ1) is 5.16. The lowest BCUT2D eigenvalue weighted by Gasteiger charge is -2.00. The van der Waals surface area contributed by atoms with Gasteiger partial charge in [0.15, 0.2) is 6.29 Å². The van der Waals surface area contributed by atoms with Crippen molar-refractivity contribution < 1.29 is 9.90 Å². The summed E-state index contributed by atoms with van der Waals surface area (Å²) in [6, 6.07) is 2.98. The minimum Gasteiger partial charge on any atom is -0.506 e. The topological polar surface area (TPSA) is 37.3 Å². The van der Waals surface area contributed by atoms with Crippen LogP contribution in [0.4, 0.5) is 0 Å². The van der Waals surface area contributed by atoms with E-state index < -0.39 is 0 Å². The van der Waals surface area contributed by atoms with E-state index in [1.54, 1.807) is 6.07 Å². The molecule has 1 N–H and O–H groups in total. The first-order valence-corrected chi connectivity index (χ1v) is 3.96. The third-order valence-corrected chi connectivity index (χ3v) is 2.31. The van der Waals surface area contributed by atoms with Gasteiger partial charge >= 0.3 is 0 Å². The highest BCUT2D eigenvalue weighted by Crippen LogP contribution is 2.30. The molecule has 0 radical (unpaired) electrons. The van der Waals surface area contributed by atoms with Crippen LogP contribution in [0.2, 0.25) is 5.02 Å². The molecule has 0 spiro atoms. The minimum absolute atomic E-state index is 0.0781. The number of hydrogen-bond acceptors (Lipinski definition) is 2. The molecule has 0 fully saturated rings. The number of phenols is 1. The van der Waals surface area contributed by atoms with E-state index >= 15 is 0 Å². The van der Waals surface area contributed by atoms with Crippen molar-refractivity contribution in [3.8, 4) is 5.75 Å². The molecular weight excluding hydrogens is 231 g/mol. The lowest BCUT2D eigenvalue weighted by Crippen LogP contribution is -1.83. The van der Waals surface area contributed by atoms with Gasteiger partial charge in [-0.05, 0) is 28.1 Å². The van der Waals surface area contributed by atoms with E-state index in [2.05, 4.69) is 15.9 Å². The molecule has 0 aromatic heterocycles. The Balaban J connectivity index is 3.40. The highest BCUT2D eigenvalue weighted by Gasteiger charge is 2.07. The summed E-state index contributed by atoms with van der Waals surface area (Å²) in [6.45, 7) is 0. The van der Waals surface area contributed by atoms with Gasteiger partial charge in [-0.3, -0.25) is 4.79 Å². The number of carbonyl (C=O) groups is 1. The van der Waals surface area contributed by atoms with E-state index in [0.29, 0.717) is 10.8 Å². The molecule has 1 aromatic rings. The van der Waals surface area contributed by atoms with E-state index in [4.69, 9.17) is 16.7 Å². The largest absolute Gasteiger partial charge is 0.506 e. The van der Waals surface area contributed by atoms with Gasteiger partial charge in [-0.2, -0.15) is 0 Å². The van der Waals surface area contributed by atoms with E-state index in [1.165, 1.54) is 6.07 Å². The highest BCUT2D eigenvalue weighted by molar-refractivity contribution is 9.10. The molecule has 0 atom stereocenters. The summed E-state index contributed by atoms with van der Waals surface area (Å²) in [5, 5.41) is 9.12. The van der Waals surface area contributed by atoms with Crippen LogP contribution in [0.5, 0.6) is 5.75 Å². The molecule has 0 aliphatic rings. The molecule has 1 aromatic carbocycles. The molecule has 11 heavy (non-hydrogen) atoms. The summed E-state index contributed by atoms with van der Waals surface area (Å²) in [5.41, 5.74) is 0.270. The molecule has 0 aliphatic carbocycles. The second-order valence-electron chi connectivity index (χ2n) is 1.91. The maximum Gasteiger partial charge on any atom is 0.152 e. The summed E-state index contributed by atoms with van der Waals surface area (Å²) in [6.07, 6.45) is 0.589. The van der Waals surface area contributed by atoms with E-state index in [9.17, 15) is 4.79 Å². The summed E-state index contributed by atoms with van der Waals surface area (Å²) >= 11 is 8.70. The Morgan fingerprint density at radius 2 is 2.18 bits per heavy atom. The van der Waals surface area contributed by atoms with E-state index in [1.807, 2.05) is 0 Å². The third-order valence-electron chi connectivity index (χ3n) is 1.22. The van der Waals surface area contributed by atoms with Gasteiger partial charge in [0.05, 0.1) is 10.6 Å². The lowest BCUT2D eigenvalue weighted by molar-refractivity contribution is 0.112. The fourth-order valence-corrected chi connectivity index (χ4v) is 1.41. The Labute approximate surface area is 76.9 Å². The summed E-state index contributed by atoms with van der Waals surface area (Å²) in [7, 11) is 0. The Kier molecular flexibility index (Phi) is 2.52. The van der Waals surface area contributed by atoms with Crippen molar-refractivity contribution >= 4 is 33.8 Å². The average Bonchev–Trinajstić information content (AvgIpc) is 1.99. The SMILES string of the molecule is O=Cc1c(Br)ccc(O)c1Cl. The molecule has 4 heteroatoms. The van der Waals surface area contributed by atoms with Crippen LogP contribution in [0.15, 0.2) is 16.6 Å². The number of benzene rings is 1. The van der Waals surface area contributed by atoms with Gasteiger partial charge in [-0.25, -0.2) is 0 Å². The van der Waals surface area contributed by atoms with Crippen LogP contribution >= 0.6 is 27.5 Å². The van der Waals surface area contributed by atoms with Crippen LogP contribution in [0.25, 0.3) is 0 Å². The monoisotopic (exact) mass is 234 g/mol. The van der Waals surface area contributed by atoms with Crippen LogP contribution in [0, 0.1) is 0 Å². The lowest BCUT2D eigenvalue weighted by atomic mass is 10.2. The number of hydrogen-bond donors (Lipinski definition) is 1. The van der Waals surface area contributed by atoms with Gasteiger partial charge in [0, 0.05) is 4.47 Å². The number of aldehydes is 1. The van der Waals surface area contributed by atoms with Crippen LogP contribution in [-0.2, 0) is 0 Å². The van der Waals surface area contributed by atoms with Crippen molar-refractivity contribution in [1.82, 2.24) is 0 Å². The molecule has 0 heterocycles. The predicted octanol–water partition coefficient (Wildman–Crippen LogP) is 2.62. The Hall–Kier alpha value is -0.540. The van der Waals surface area contributed by atoms with Crippen molar-refractivity contribution in [2.75, 3.05) is 0 Å². The van der Waals surface area contributed by atoms with E-state index in [-0.39, 0.29) is 16.3 Å². The molecular formula is C7H4BrClO2. The molecule has 0 bridgehead atoms. The van der Waals surface area contributed by atoms with Crippen molar-refractivity contribution in [2.24, 2.45) is 0 Å². The first-order valence-electron chi connectivity index (χ1n) is 2.79. The van der Waals surface area contributed by atoms with Crippen LogP contribution < -0.4 is 0 Å². The number of aromatic hydroxyl groups is 1. The van der Waals surface area contributed by atoms with Gasteiger partial charge in [-0.15, -0.1) is 0 Å². The second kappa shape index (κ2) is 3.24. The molecule has 58 valence electrons. The predicted molar refractivity (Wildman–Crippen MR) is 46.2 cm³/mol. The molecule has 0 amide bonds. The zero-order valence-corrected chi connectivity index (χ0v) is 7.69. The van der Waals surface area contributed by atoms with Crippen LogP contribution in [-0.4, -0.2) is 11.4 Å². The fourth-order valence-electron chi connectivity index (χ4n) is 0.666. The zero-order valence-electron chi connectivity index (χ0n) is 5.34. The Morgan fingerprint density at radius 1 is 1.55 bits per heavy atom. The van der Waals surface area contributed by atoms with Crippen LogP contribution in [0.3, 0.4) is 0 Å². The van der Waals surface area contributed by atoms with Crippen molar-refractivity contribution in [3.63, 3.8) is 0 Å². The van der Waals surface area contributed by atoms with Crippen molar-refractivity contribution in [2.45, 2.75) is 0 Å². The Morgan fingerprint density at radius 3 is 2.64 bits per heavy atom. The minimum atomic E-state index is -0.0861. The summed E-state index contributed by atoms with van der Waals surface area (Å²) in [5.74, 6) is -0.0861. The summed E-state index contributed by atoms with van der Waals surface area (Å²) < 4.78 is 0.579. The van der Waals surface area contributed by atoms with Gasteiger partial charge in [-0.1, -0.05) is 11.6 Å². The highest BCUT2D eigenvalue weighted by atomic mass is 79.9. The van der Waals surface area contributed by atoms with Gasteiger partial charge < -0.3 is 5.11 Å². The third kappa shape index (κ3) is 1.54. The average molecular weight is 235 g/mol. The number of rotatable bonds is 1. The van der Waals surface area contributed by atoms with Crippen LogP contribution in [0.1, 0.15) is 10.4 Å². The maximum atomic E-state index is 10.4. The second-order valence-corrected chi connectivity index (χ2v) is 3.14. The van der Waals surface area contributed by atoms with Gasteiger partial charge in [0.1, 0.15) is 5.75 Å². The summed E-state index contributed by atoms with van der Waals surface area (Å²) in [4.78, 5) is 10.4. The van der Waals surface area contributed by atoms with Crippen molar-refractivity contribution in [3.05, 3.63) is 27.2 Å². The molecule has 0 saturated carbocycles. The van der Waals surface area contributed by atoms with Gasteiger partial charge in [0.2, 0.25) is 0 Å². The standard InChI is InChI=1S/C7H4BrClO2/c8-5-1-2-6(11)7(9)4(5)3-10/h1-3,11H. The zero-order chi connectivity index (χ0) is 8.43. The Bertz CT molecular complexity index is 299. The molecule has 0 aliphatic heterocycles. The van der Waals surface area contributed by atoms with E-state index in [0.717, 1.165) is 0 Å². The normalized spacial score (nSPS) is 9.64. The molecule has 1 rings (SSSR count). The van der Waals surface area contributed by atoms with Gasteiger partial charge in [0.25, 0.3) is 0 Å². The van der Waals surface area contributed by atoms with Crippen molar-refractivity contribution in [1.29, 1.82) is 0 Å². The number of carbonyl (C=O) groups excluding carboxylic acids is 1. The molecule has 0 unspecified atom stereocenters. The maximum absolute atomic E-state index is 10.4. The fraction of sp³-hybridized carbons (Fsp3) is 0. The smallest absolute Gasteiger partial charge is 0.152 e. The quantitative estimate of drug-likeness (QED) is 0.760. The first kappa shape index (κ1) is 8.56. The number of halogens is 2. The molecule has 0 saturated heterocycles. The number of phenolic OH excluding ortho intramolecular Hbond substituents is 1.